The number of hydrogen-bond acceptors (Lipinski definition) is 3. The minimum atomic E-state index is -4.06. The van der Waals surface area contributed by atoms with Gasteiger partial charge in [0, 0.05) is 21.1 Å². The van der Waals surface area contributed by atoms with Gasteiger partial charge in [-0.1, -0.05) is 28.1 Å². The second-order valence-electron chi connectivity index (χ2n) is 4.17. The van der Waals surface area contributed by atoms with Crippen molar-refractivity contribution in [1.29, 1.82) is 0 Å². The van der Waals surface area contributed by atoms with Gasteiger partial charge >= 0.3 is 0 Å². The molecule has 0 heterocycles. The summed E-state index contributed by atoms with van der Waals surface area (Å²) in [6, 6.07) is 9.32. The van der Waals surface area contributed by atoms with Crippen LogP contribution in [0, 0.1) is 5.82 Å². The minimum Gasteiger partial charge on any atom is -0.326 e. The van der Waals surface area contributed by atoms with Gasteiger partial charge in [-0.25, -0.2) is 12.8 Å². The molecule has 2 aromatic rings. The van der Waals surface area contributed by atoms with Crippen molar-refractivity contribution in [2.24, 2.45) is 5.73 Å². The highest BCUT2D eigenvalue weighted by Gasteiger charge is 2.22. The Balaban J connectivity index is 2.50. The normalized spacial score (nSPS) is 11.4. The summed E-state index contributed by atoms with van der Waals surface area (Å²) in [7, 11) is -4.06. The summed E-state index contributed by atoms with van der Waals surface area (Å²) >= 11 is 6.39. The van der Waals surface area contributed by atoms with Crippen LogP contribution in [0.1, 0.15) is 5.56 Å². The molecule has 0 radical (unpaired) electrons. The Morgan fingerprint density at radius 3 is 2.48 bits per heavy atom. The van der Waals surface area contributed by atoms with Gasteiger partial charge in [0.2, 0.25) is 0 Å². The van der Waals surface area contributed by atoms with E-state index in [1.54, 1.807) is 24.3 Å². The lowest BCUT2D eigenvalue weighted by Gasteiger charge is -2.12. The third kappa shape index (κ3) is 3.63. The van der Waals surface area contributed by atoms with E-state index < -0.39 is 20.7 Å². The van der Waals surface area contributed by atoms with Crippen LogP contribution in [0.3, 0.4) is 0 Å². The standard InChI is InChI=1S/C13H11Br2FN2O2S/c14-9-5-8(7-17)13(16)12(6-9)21(19,20)18-11-4-2-1-3-10(11)15/h1-6,18H,7,17H2. The van der Waals surface area contributed by atoms with Crippen LogP contribution in [0.15, 0.2) is 50.2 Å². The second kappa shape index (κ2) is 6.43. The first kappa shape index (κ1) is 16.4. The van der Waals surface area contributed by atoms with Crippen LogP contribution in [-0.4, -0.2) is 8.42 Å². The zero-order valence-electron chi connectivity index (χ0n) is 10.6. The Hall–Kier alpha value is -0.960. The first-order valence-corrected chi connectivity index (χ1v) is 8.87. The maximum absolute atomic E-state index is 14.2. The number of nitrogens with two attached hydrogens (primary N) is 1. The van der Waals surface area contributed by atoms with Gasteiger partial charge < -0.3 is 5.73 Å². The number of anilines is 1. The maximum Gasteiger partial charge on any atom is 0.264 e. The van der Waals surface area contributed by atoms with Crippen molar-refractivity contribution in [3.05, 3.63) is 56.7 Å². The molecule has 8 heteroatoms. The van der Waals surface area contributed by atoms with Gasteiger partial charge in [-0.2, -0.15) is 0 Å². The lowest BCUT2D eigenvalue weighted by atomic mass is 10.2. The molecule has 0 saturated carbocycles. The highest BCUT2D eigenvalue weighted by atomic mass is 79.9. The predicted molar refractivity (Wildman–Crippen MR) is 86.9 cm³/mol. The smallest absolute Gasteiger partial charge is 0.264 e. The van der Waals surface area contributed by atoms with Crippen LogP contribution in [0.4, 0.5) is 10.1 Å². The van der Waals surface area contributed by atoms with Gasteiger partial charge in [0.1, 0.15) is 10.7 Å². The van der Waals surface area contributed by atoms with Gasteiger partial charge in [0.15, 0.2) is 0 Å². The van der Waals surface area contributed by atoms with Gasteiger partial charge in [-0.15, -0.1) is 0 Å². The highest BCUT2D eigenvalue weighted by Crippen LogP contribution is 2.28. The first-order chi connectivity index (χ1) is 9.85. The van der Waals surface area contributed by atoms with E-state index >= 15 is 0 Å². The molecule has 21 heavy (non-hydrogen) atoms. The molecule has 112 valence electrons. The first-order valence-electron chi connectivity index (χ1n) is 5.80. The van der Waals surface area contributed by atoms with E-state index in [0.29, 0.717) is 14.6 Å². The number of hydrogen-bond donors (Lipinski definition) is 2. The van der Waals surface area contributed by atoms with Crippen LogP contribution in [-0.2, 0) is 16.6 Å². The van der Waals surface area contributed by atoms with E-state index in [1.165, 1.54) is 12.1 Å². The zero-order chi connectivity index (χ0) is 15.6. The van der Waals surface area contributed by atoms with Crippen molar-refractivity contribution in [1.82, 2.24) is 0 Å². The zero-order valence-corrected chi connectivity index (χ0v) is 14.6. The number of rotatable bonds is 4. The molecule has 2 aromatic carbocycles. The molecule has 0 aliphatic carbocycles. The van der Waals surface area contributed by atoms with E-state index in [1.807, 2.05) is 0 Å². The van der Waals surface area contributed by atoms with Crippen molar-refractivity contribution >= 4 is 47.6 Å². The van der Waals surface area contributed by atoms with Crippen LogP contribution >= 0.6 is 31.9 Å². The number of halogens is 3. The third-order valence-electron chi connectivity index (χ3n) is 2.71. The molecule has 2 rings (SSSR count). The summed E-state index contributed by atoms with van der Waals surface area (Å²) < 4.78 is 42.3. The fourth-order valence-corrected chi connectivity index (χ4v) is 4.10. The summed E-state index contributed by atoms with van der Waals surface area (Å²) in [5, 5.41) is 0. The van der Waals surface area contributed by atoms with Crippen LogP contribution in [0.25, 0.3) is 0 Å². The van der Waals surface area contributed by atoms with Gasteiger partial charge in [-0.05, 0) is 40.2 Å². The van der Waals surface area contributed by atoms with E-state index in [4.69, 9.17) is 5.73 Å². The molecule has 0 aliphatic rings. The van der Waals surface area contributed by atoms with Gasteiger partial charge in [0.25, 0.3) is 10.0 Å². The van der Waals surface area contributed by atoms with Crippen molar-refractivity contribution in [3.8, 4) is 0 Å². The number of para-hydroxylation sites is 1. The van der Waals surface area contributed by atoms with Gasteiger partial charge in [-0.3, -0.25) is 4.72 Å². The molecule has 0 saturated heterocycles. The minimum absolute atomic E-state index is 0.0944. The Morgan fingerprint density at radius 1 is 1.19 bits per heavy atom. The topological polar surface area (TPSA) is 72.2 Å². The van der Waals surface area contributed by atoms with Crippen molar-refractivity contribution in [2.45, 2.75) is 11.4 Å². The summed E-state index contributed by atoms with van der Waals surface area (Å²) in [4.78, 5) is -0.451. The lowest BCUT2D eigenvalue weighted by molar-refractivity contribution is 0.560. The fourth-order valence-electron chi connectivity index (χ4n) is 1.71. The van der Waals surface area contributed by atoms with Crippen molar-refractivity contribution in [3.63, 3.8) is 0 Å². The SMILES string of the molecule is NCc1cc(Br)cc(S(=O)(=O)Nc2ccccc2Br)c1F. The van der Waals surface area contributed by atoms with E-state index in [2.05, 4.69) is 36.6 Å². The van der Waals surface area contributed by atoms with E-state index in [9.17, 15) is 12.8 Å². The molecule has 0 bridgehead atoms. The fraction of sp³-hybridized carbons (Fsp3) is 0.0769. The number of nitrogens with one attached hydrogen (secondary N) is 1. The van der Waals surface area contributed by atoms with Crippen molar-refractivity contribution < 1.29 is 12.8 Å². The summed E-state index contributed by atoms with van der Waals surface area (Å²) in [6.07, 6.45) is 0. The molecule has 3 N–H and O–H groups in total. The van der Waals surface area contributed by atoms with Gasteiger partial charge in [0.05, 0.1) is 5.69 Å². The summed E-state index contributed by atoms with van der Waals surface area (Å²) in [5.74, 6) is -0.847. The van der Waals surface area contributed by atoms with Crippen LogP contribution < -0.4 is 10.5 Å². The molecule has 0 unspecified atom stereocenters. The number of sulfonamides is 1. The maximum atomic E-state index is 14.2. The predicted octanol–water partition coefficient (Wildman–Crippen LogP) is 3.61. The lowest BCUT2D eigenvalue weighted by Crippen LogP contribution is -2.16. The van der Waals surface area contributed by atoms with E-state index in [0.717, 1.165) is 0 Å². The Morgan fingerprint density at radius 2 is 1.86 bits per heavy atom. The molecular weight excluding hydrogens is 427 g/mol. The molecule has 4 nitrogen and oxygen atoms in total. The van der Waals surface area contributed by atoms with Crippen LogP contribution in [0.5, 0.6) is 0 Å². The average molecular weight is 438 g/mol. The third-order valence-corrected chi connectivity index (χ3v) is 5.22. The Kier molecular flexibility index (Phi) is 5.03. The summed E-state index contributed by atoms with van der Waals surface area (Å²) in [5.41, 5.74) is 5.87. The molecule has 0 amide bonds. The molecule has 0 aromatic heterocycles. The molecule has 0 atom stereocenters. The van der Waals surface area contributed by atoms with E-state index in [-0.39, 0.29) is 12.1 Å². The quantitative estimate of drug-likeness (QED) is 0.767. The molecule has 0 aliphatic heterocycles. The largest absolute Gasteiger partial charge is 0.326 e. The van der Waals surface area contributed by atoms with Crippen molar-refractivity contribution in [2.75, 3.05) is 4.72 Å². The Bertz CT molecular complexity index is 782. The second-order valence-corrected chi connectivity index (χ2v) is 7.59. The van der Waals surface area contributed by atoms with Crippen LogP contribution in [0.2, 0.25) is 0 Å². The highest BCUT2D eigenvalue weighted by molar-refractivity contribution is 9.10. The Labute approximate surface area is 138 Å². The average Bonchev–Trinajstić information content (AvgIpc) is 2.43. The molecule has 0 fully saturated rings. The number of benzene rings is 2. The molecular formula is C13H11Br2FN2O2S. The monoisotopic (exact) mass is 436 g/mol. The summed E-state index contributed by atoms with van der Waals surface area (Å²) in [6.45, 7) is -0.0944. The molecule has 0 spiro atoms.